The quantitative estimate of drug-likeness (QED) is 0.351. The molecule has 1 aliphatic heterocycles. The van der Waals surface area contributed by atoms with E-state index in [1.165, 1.54) is 0 Å². The molecule has 0 unspecified atom stereocenters. The van der Waals surface area contributed by atoms with Crippen molar-refractivity contribution < 1.29 is 18.7 Å². The number of aromatic nitrogens is 1. The molecule has 0 aliphatic carbocycles. The average molecular weight is 471 g/mol. The van der Waals surface area contributed by atoms with Gasteiger partial charge in [-0.2, -0.15) is 0 Å². The number of likely N-dealkylation sites (tertiary alicyclic amines) is 1. The van der Waals surface area contributed by atoms with Crippen molar-refractivity contribution in [3.63, 3.8) is 0 Å². The lowest BCUT2D eigenvalue weighted by Crippen LogP contribution is -2.41. The highest BCUT2D eigenvalue weighted by atomic mass is 19.3. The SMILES string of the molecule is O=C(O)c1cccc(C#Cc2ccc(CN3CCCC(F)(F)C3)cc2)c1-c1ccc2cc[nH]c2c1. The Morgan fingerprint density at radius 1 is 1.06 bits per heavy atom. The van der Waals surface area contributed by atoms with E-state index in [2.05, 4.69) is 16.8 Å². The number of fused-ring (bicyclic) bond motifs is 1. The van der Waals surface area contributed by atoms with Crippen LogP contribution in [0.3, 0.4) is 0 Å². The van der Waals surface area contributed by atoms with E-state index in [0.29, 0.717) is 30.6 Å². The van der Waals surface area contributed by atoms with Crippen LogP contribution in [-0.2, 0) is 6.54 Å². The topological polar surface area (TPSA) is 56.3 Å². The van der Waals surface area contributed by atoms with Crippen molar-refractivity contribution in [2.24, 2.45) is 0 Å². The predicted octanol–water partition coefficient (Wildman–Crippen LogP) is 6.16. The van der Waals surface area contributed by atoms with Crippen LogP contribution in [0.1, 0.15) is 39.9 Å². The summed E-state index contributed by atoms with van der Waals surface area (Å²) in [6.07, 6.45) is 2.31. The van der Waals surface area contributed by atoms with Gasteiger partial charge in [0, 0.05) is 41.4 Å². The second-order valence-electron chi connectivity index (χ2n) is 8.93. The van der Waals surface area contributed by atoms with Crippen LogP contribution < -0.4 is 0 Å². The number of nitrogens with one attached hydrogen (secondary N) is 1. The van der Waals surface area contributed by atoms with Crippen molar-refractivity contribution in [2.75, 3.05) is 13.1 Å². The summed E-state index contributed by atoms with van der Waals surface area (Å²) in [5, 5.41) is 10.8. The van der Waals surface area contributed by atoms with Crippen molar-refractivity contribution in [1.29, 1.82) is 0 Å². The number of H-pyrrole nitrogens is 1. The Balaban J connectivity index is 1.42. The van der Waals surface area contributed by atoms with Gasteiger partial charge in [0.15, 0.2) is 0 Å². The highest BCUT2D eigenvalue weighted by Gasteiger charge is 2.34. The minimum absolute atomic E-state index is 0.0397. The van der Waals surface area contributed by atoms with Crippen molar-refractivity contribution >= 4 is 16.9 Å². The summed E-state index contributed by atoms with van der Waals surface area (Å²) in [7, 11) is 0. The number of piperidine rings is 1. The van der Waals surface area contributed by atoms with E-state index in [4.69, 9.17) is 0 Å². The fourth-order valence-electron chi connectivity index (χ4n) is 4.62. The summed E-state index contributed by atoms with van der Waals surface area (Å²) in [6, 6.07) is 20.4. The molecule has 5 rings (SSSR count). The maximum Gasteiger partial charge on any atom is 0.336 e. The van der Waals surface area contributed by atoms with Gasteiger partial charge in [-0.25, -0.2) is 13.6 Å². The normalized spacial score (nSPS) is 15.5. The van der Waals surface area contributed by atoms with E-state index in [9.17, 15) is 18.7 Å². The zero-order valence-corrected chi connectivity index (χ0v) is 19.0. The van der Waals surface area contributed by atoms with Gasteiger partial charge < -0.3 is 10.1 Å². The summed E-state index contributed by atoms with van der Waals surface area (Å²) in [5.74, 6) is 2.65. The third-order valence-corrected chi connectivity index (χ3v) is 6.31. The molecule has 1 aromatic heterocycles. The summed E-state index contributed by atoms with van der Waals surface area (Å²) < 4.78 is 27.4. The zero-order chi connectivity index (χ0) is 24.4. The van der Waals surface area contributed by atoms with Crippen molar-refractivity contribution in [3.8, 4) is 23.0 Å². The fraction of sp³-hybridized carbons (Fsp3) is 0.207. The maximum atomic E-state index is 13.7. The van der Waals surface area contributed by atoms with Crippen LogP contribution in [0, 0.1) is 11.8 Å². The number of aromatic amines is 1. The lowest BCUT2D eigenvalue weighted by atomic mass is 9.93. The number of carbonyl (C=O) groups is 1. The third kappa shape index (κ3) is 5.11. The second-order valence-corrected chi connectivity index (χ2v) is 8.93. The van der Waals surface area contributed by atoms with Crippen molar-refractivity contribution in [1.82, 2.24) is 9.88 Å². The molecule has 1 aliphatic rings. The van der Waals surface area contributed by atoms with E-state index in [1.807, 2.05) is 60.8 Å². The summed E-state index contributed by atoms with van der Waals surface area (Å²) in [4.78, 5) is 16.9. The molecule has 1 fully saturated rings. The van der Waals surface area contributed by atoms with Gasteiger partial charge >= 0.3 is 5.97 Å². The van der Waals surface area contributed by atoms with Gasteiger partial charge in [0.1, 0.15) is 0 Å². The highest BCUT2D eigenvalue weighted by Crippen LogP contribution is 2.30. The number of aromatic carboxylic acids is 1. The van der Waals surface area contributed by atoms with Gasteiger partial charge in [-0.15, -0.1) is 0 Å². The van der Waals surface area contributed by atoms with Crippen LogP contribution in [-0.4, -0.2) is 40.0 Å². The average Bonchev–Trinajstić information content (AvgIpc) is 3.30. The predicted molar refractivity (Wildman–Crippen MR) is 133 cm³/mol. The first-order chi connectivity index (χ1) is 16.9. The molecule has 176 valence electrons. The molecule has 0 amide bonds. The third-order valence-electron chi connectivity index (χ3n) is 6.31. The molecule has 2 N–H and O–H groups in total. The Morgan fingerprint density at radius 2 is 1.89 bits per heavy atom. The molecular weight excluding hydrogens is 446 g/mol. The van der Waals surface area contributed by atoms with Gasteiger partial charge in [-0.05, 0) is 65.9 Å². The molecule has 35 heavy (non-hydrogen) atoms. The van der Waals surface area contributed by atoms with Crippen LogP contribution in [0.2, 0.25) is 0 Å². The Hall–Kier alpha value is -3.95. The lowest BCUT2D eigenvalue weighted by Gasteiger charge is -2.32. The number of nitrogens with zero attached hydrogens (tertiary/aromatic N) is 1. The van der Waals surface area contributed by atoms with Crippen LogP contribution in [0.5, 0.6) is 0 Å². The number of hydrogen-bond acceptors (Lipinski definition) is 2. The molecule has 1 saturated heterocycles. The number of halogens is 2. The number of alkyl halides is 2. The minimum Gasteiger partial charge on any atom is -0.478 e. The largest absolute Gasteiger partial charge is 0.478 e. The van der Waals surface area contributed by atoms with Crippen molar-refractivity contribution in [3.05, 3.63) is 95.2 Å². The molecule has 0 spiro atoms. The number of rotatable bonds is 4. The molecule has 0 bridgehead atoms. The number of carboxylic acids is 1. The first-order valence-electron chi connectivity index (χ1n) is 11.5. The maximum absolute atomic E-state index is 13.7. The monoisotopic (exact) mass is 470 g/mol. The molecule has 0 saturated carbocycles. The van der Waals surface area contributed by atoms with Gasteiger partial charge in [0.05, 0.1) is 12.1 Å². The Kier molecular flexibility index (Phi) is 6.10. The molecule has 2 heterocycles. The van der Waals surface area contributed by atoms with Gasteiger partial charge in [0.25, 0.3) is 5.92 Å². The minimum atomic E-state index is -2.61. The number of benzene rings is 3. The zero-order valence-electron chi connectivity index (χ0n) is 19.0. The van der Waals surface area contributed by atoms with Crippen LogP contribution in [0.15, 0.2) is 72.9 Å². The van der Waals surface area contributed by atoms with E-state index in [1.54, 1.807) is 17.0 Å². The Bertz CT molecular complexity index is 1450. The summed E-state index contributed by atoms with van der Waals surface area (Å²) >= 11 is 0. The highest BCUT2D eigenvalue weighted by molar-refractivity contribution is 5.99. The fourth-order valence-corrected chi connectivity index (χ4v) is 4.62. The Morgan fingerprint density at radius 3 is 2.66 bits per heavy atom. The molecule has 4 nitrogen and oxygen atoms in total. The van der Waals surface area contributed by atoms with Gasteiger partial charge in [0.2, 0.25) is 0 Å². The van der Waals surface area contributed by atoms with E-state index < -0.39 is 11.9 Å². The first kappa shape index (κ1) is 22.8. The molecule has 6 heteroatoms. The smallest absolute Gasteiger partial charge is 0.336 e. The molecule has 4 aromatic rings. The van der Waals surface area contributed by atoms with Gasteiger partial charge in [-0.3, -0.25) is 4.90 Å². The first-order valence-corrected chi connectivity index (χ1v) is 11.5. The molecular formula is C29H24F2N2O2. The molecule has 3 aromatic carbocycles. The second kappa shape index (κ2) is 9.36. The number of hydrogen-bond donors (Lipinski definition) is 2. The summed E-state index contributed by atoms with van der Waals surface area (Å²) in [6.45, 7) is 0.953. The van der Waals surface area contributed by atoms with E-state index >= 15 is 0 Å². The molecule has 0 radical (unpaired) electrons. The summed E-state index contributed by atoms with van der Waals surface area (Å²) in [5.41, 5.74) is 4.81. The van der Waals surface area contributed by atoms with Crippen LogP contribution >= 0.6 is 0 Å². The Labute approximate surface area is 202 Å². The van der Waals surface area contributed by atoms with Crippen molar-refractivity contribution in [2.45, 2.75) is 25.3 Å². The van der Waals surface area contributed by atoms with Crippen LogP contribution in [0.25, 0.3) is 22.0 Å². The standard InChI is InChI=1S/C29H24F2N2O2/c30-29(31)14-2-16-33(19-29)18-21-7-5-20(6-8-21)9-10-23-3-1-4-25(28(34)35)27(23)24-12-11-22-13-15-32-26(22)17-24/h1,3-8,11-13,15,17,32H,2,14,16,18-19H2,(H,34,35). The van der Waals surface area contributed by atoms with Crippen LogP contribution in [0.4, 0.5) is 8.78 Å². The number of carboxylic acid groups (broad SMARTS) is 1. The van der Waals surface area contributed by atoms with E-state index in [-0.39, 0.29) is 18.5 Å². The van der Waals surface area contributed by atoms with E-state index in [0.717, 1.165) is 27.6 Å². The lowest BCUT2D eigenvalue weighted by molar-refractivity contribution is -0.0661. The van der Waals surface area contributed by atoms with Gasteiger partial charge in [-0.1, -0.05) is 42.2 Å². The molecule has 0 atom stereocenters.